The number of ether oxygens (including phenoxy) is 3. The normalized spacial score (nSPS) is 29.5. The van der Waals surface area contributed by atoms with Crippen LogP contribution in [0.5, 0.6) is 0 Å². The highest BCUT2D eigenvalue weighted by atomic mass is 16.6. The number of fused-ring (bicyclic) bond motifs is 1. The molecule has 2 fully saturated rings. The summed E-state index contributed by atoms with van der Waals surface area (Å²) in [6, 6.07) is 8.97. The van der Waals surface area contributed by atoms with Gasteiger partial charge >= 0.3 is 5.97 Å². The summed E-state index contributed by atoms with van der Waals surface area (Å²) < 4.78 is 17.2. The number of carbonyl (C=O) groups excluding carboxylic acids is 1. The van der Waals surface area contributed by atoms with Gasteiger partial charge in [-0.1, -0.05) is 30.0 Å². The highest BCUT2D eigenvalue weighted by Crippen LogP contribution is 2.33. The third-order valence-corrected chi connectivity index (χ3v) is 3.91. The molecule has 0 bridgehead atoms. The summed E-state index contributed by atoms with van der Waals surface area (Å²) >= 11 is 0. The van der Waals surface area contributed by atoms with Gasteiger partial charge in [-0.15, -0.1) is 0 Å². The van der Waals surface area contributed by atoms with E-state index in [2.05, 4.69) is 32.6 Å². The lowest BCUT2D eigenvalue weighted by molar-refractivity contribution is -0.0154. The molecule has 1 aromatic rings. The maximum absolute atomic E-state index is 12.2. The van der Waals surface area contributed by atoms with Crippen LogP contribution < -0.4 is 0 Å². The zero-order chi connectivity index (χ0) is 16.4. The van der Waals surface area contributed by atoms with Crippen molar-refractivity contribution in [2.75, 3.05) is 13.2 Å². The van der Waals surface area contributed by atoms with E-state index in [1.807, 2.05) is 18.2 Å². The van der Waals surface area contributed by atoms with Crippen molar-refractivity contribution in [3.05, 3.63) is 35.9 Å². The minimum absolute atomic E-state index is 0.0413. The van der Waals surface area contributed by atoms with Crippen LogP contribution in [0.25, 0.3) is 0 Å². The van der Waals surface area contributed by atoms with Crippen molar-refractivity contribution in [1.82, 2.24) is 0 Å². The van der Waals surface area contributed by atoms with E-state index in [0.717, 1.165) is 0 Å². The zero-order valence-electron chi connectivity index (χ0n) is 13.7. The Balaban J connectivity index is 1.63. The fourth-order valence-electron chi connectivity index (χ4n) is 2.78. The molecule has 2 aliphatic heterocycles. The SMILES string of the molecule is CC(C)(C)C#CC1COC2C(OC(=O)c3ccccc3)COC12. The minimum Gasteiger partial charge on any atom is -0.453 e. The first-order valence-corrected chi connectivity index (χ1v) is 7.96. The van der Waals surface area contributed by atoms with E-state index < -0.39 is 0 Å². The Hall–Kier alpha value is -1.83. The lowest BCUT2D eigenvalue weighted by Crippen LogP contribution is -2.33. The third-order valence-electron chi connectivity index (χ3n) is 3.91. The number of benzene rings is 1. The number of hydrogen-bond donors (Lipinski definition) is 0. The molecule has 2 saturated heterocycles. The van der Waals surface area contributed by atoms with E-state index in [0.29, 0.717) is 18.8 Å². The van der Waals surface area contributed by atoms with E-state index in [1.54, 1.807) is 12.1 Å². The quantitative estimate of drug-likeness (QED) is 0.622. The summed E-state index contributed by atoms with van der Waals surface area (Å²) in [6.07, 6.45) is -0.700. The number of rotatable bonds is 2. The fraction of sp³-hybridized carbons (Fsp3) is 0.526. The molecule has 4 atom stereocenters. The monoisotopic (exact) mass is 314 g/mol. The average Bonchev–Trinajstić information content (AvgIpc) is 3.08. The van der Waals surface area contributed by atoms with Crippen LogP contribution in [0.15, 0.2) is 30.3 Å². The van der Waals surface area contributed by atoms with Crippen molar-refractivity contribution in [3.8, 4) is 11.8 Å². The van der Waals surface area contributed by atoms with Crippen LogP contribution in [0.3, 0.4) is 0 Å². The minimum atomic E-state index is -0.367. The molecule has 23 heavy (non-hydrogen) atoms. The van der Waals surface area contributed by atoms with Crippen molar-refractivity contribution in [2.24, 2.45) is 11.3 Å². The molecule has 4 unspecified atom stereocenters. The van der Waals surface area contributed by atoms with Gasteiger partial charge in [0.25, 0.3) is 0 Å². The smallest absolute Gasteiger partial charge is 0.338 e. The first-order valence-electron chi connectivity index (χ1n) is 7.96. The maximum atomic E-state index is 12.2. The molecule has 4 heteroatoms. The average molecular weight is 314 g/mol. The Morgan fingerprint density at radius 2 is 1.83 bits per heavy atom. The maximum Gasteiger partial charge on any atom is 0.338 e. The second-order valence-electron chi connectivity index (χ2n) is 7.03. The fourth-order valence-corrected chi connectivity index (χ4v) is 2.78. The standard InChI is InChI=1S/C19H22O4/c1-19(2,3)10-9-14-11-21-17-15(12-22-16(14)17)23-18(20)13-7-5-4-6-8-13/h4-8,14-17H,11-12H2,1-3H3. The van der Waals surface area contributed by atoms with Crippen LogP contribution in [0, 0.1) is 23.2 Å². The summed E-state index contributed by atoms with van der Waals surface area (Å²) in [7, 11) is 0. The molecule has 0 aliphatic carbocycles. The van der Waals surface area contributed by atoms with Crippen LogP contribution in [-0.2, 0) is 14.2 Å². The molecule has 122 valence electrons. The largest absolute Gasteiger partial charge is 0.453 e. The van der Waals surface area contributed by atoms with Gasteiger partial charge in [0.1, 0.15) is 12.2 Å². The Bertz CT molecular complexity index is 620. The van der Waals surface area contributed by atoms with E-state index in [-0.39, 0.29) is 35.6 Å². The first-order chi connectivity index (χ1) is 10.9. The Kier molecular flexibility index (Phi) is 4.43. The predicted octanol–water partition coefficient (Wildman–Crippen LogP) is 2.68. The van der Waals surface area contributed by atoms with Gasteiger partial charge in [0.05, 0.1) is 24.7 Å². The zero-order valence-corrected chi connectivity index (χ0v) is 13.7. The molecular formula is C19H22O4. The van der Waals surface area contributed by atoms with Crippen molar-refractivity contribution in [3.63, 3.8) is 0 Å². The molecule has 0 N–H and O–H groups in total. The summed E-state index contributed by atoms with van der Waals surface area (Å²) in [5.74, 6) is 6.20. The molecule has 0 amide bonds. The predicted molar refractivity (Wildman–Crippen MR) is 85.8 cm³/mol. The van der Waals surface area contributed by atoms with Gasteiger partial charge < -0.3 is 14.2 Å². The van der Waals surface area contributed by atoms with Crippen LogP contribution in [0.2, 0.25) is 0 Å². The van der Waals surface area contributed by atoms with Crippen molar-refractivity contribution >= 4 is 5.97 Å². The van der Waals surface area contributed by atoms with Crippen molar-refractivity contribution < 1.29 is 19.0 Å². The highest BCUT2D eigenvalue weighted by Gasteiger charge is 2.49. The van der Waals surface area contributed by atoms with Crippen LogP contribution in [0.1, 0.15) is 31.1 Å². The summed E-state index contributed by atoms with van der Waals surface area (Å²) in [6.45, 7) is 7.12. The third kappa shape index (κ3) is 3.74. The summed E-state index contributed by atoms with van der Waals surface area (Å²) in [5.41, 5.74) is 0.494. The molecule has 2 heterocycles. The summed E-state index contributed by atoms with van der Waals surface area (Å²) in [4.78, 5) is 12.2. The van der Waals surface area contributed by atoms with Gasteiger partial charge in [0.15, 0.2) is 6.10 Å². The summed E-state index contributed by atoms with van der Waals surface area (Å²) in [5, 5.41) is 0. The van der Waals surface area contributed by atoms with Crippen molar-refractivity contribution in [1.29, 1.82) is 0 Å². The molecule has 3 rings (SSSR count). The second-order valence-corrected chi connectivity index (χ2v) is 7.03. The molecule has 0 aromatic heterocycles. The van der Waals surface area contributed by atoms with E-state index in [1.165, 1.54) is 0 Å². The molecule has 0 saturated carbocycles. The molecule has 0 spiro atoms. The molecule has 0 radical (unpaired) electrons. The lowest BCUT2D eigenvalue weighted by Gasteiger charge is -2.16. The Morgan fingerprint density at radius 3 is 2.52 bits per heavy atom. The Labute approximate surface area is 137 Å². The first kappa shape index (κ1) is 16.0. The van der Waals surface area contributed by atoms with Crippen LogP contribution in [-0.4, -0.2) is 37.5 Å². The van der Waals surface area contributed by atoms with Gasteiger partial charge in [-0.25, -0.2) is 4.79 Å². The number of hydrogen-bond acceptors (Lipinski definition) is 4. The molecule has 1 aromatic carbocycles. The van der Waals surface area contributed by atoms with Gasteiger partial charge in [0.2, 0.25) is 0 Å². The molecule has 4 nitrogen and oxygen atoms in total. The van der Waals surface area contributed by atoms with Gasteiger partial charge in [-0.2, -0.15) is 0 Å². The second kappa shape index (κ2) is 6.35. The van der Waals surface area contributed by atoms with Gasteiger partial charge in [-0.3, -0.25) is 0 Å². The van der Waals surface area contributed by atoms with E-state index >= 15 is 0 Å². The van der Waals surface area contributed by atoms with Crippen molar-refractivity contribution in [2.45, 2.75) is 39.1 Å². The lowest BCUT2D eigenvalue weighted by atomic mass is 9.95. The van der Waals surface area contributed by atoms with E-state index in [4.69, 9.17) is 14.2 Å². The Morgan fingerprint density at radius 1 is 1.13 bits per heavy atom. The van der Waals surface area contributed by atoms with Crippen LogP contribution in [0.4, 0.5) is 0 Å². The molecule has 2 aliphatic rings. The van der Waals surface area contributed by atoms with Gasteiger partial charge in [-0.05, 0) is 32.9 Å². The number of esters is 1. The number of carbonyl (C=O) groups is 1. The molecular weight excluding hydrogens is 292 g/mol. The van der Waals surface area contributed by atoms with E-state index in [9.17, 15) is 4.79 Å². The van der Waals surface area contributed by atoms with Gasteiger partial charge in [0, 0.05) is 5.41 Å². The van der Waals surface area contributed by atoms with Crippen LogP contribution >= 0.6 is 0 Å². The highest BCUT2D eigenvalue weighted by molar-refractivity contribution is 5.89. The topological polar surface area (TPSA) is 44.8 Å².